The van der Waals surface area contributed by atoms with Crippen LogP contribution in [0.4, 0.5) is 10.5 Å². The molecule has 30 heavy (non-hydrogen) atoms. The first kappa shape index (κ1) is 18.5. The maximum absolute atomic E-state index is 12.9. The maximum Gasteiger partial charge on any atom is 0.346 e. The van der Waals surface area contributed by atoms with Gasteiger partial charge >= 0.3 is 6.03 Å². The van der Waals surface area contributed by atoms with E-state index in [1.54, 1.807) is 6.20 Å². The molecule has 0 fully saturated rings. The van der Waals surface area contributed by atoms with E-state index in [4.69, 9.17) is 16.3 Å². The van der Waals surface area contributed by atoms with E-state index in [0.717, 1.165) is 40.1 Å². The van der Waals surface area contributed by atoms with Crippen LogP contribution in [0.5, 0.6) is 5.75 Å². The van der Waals surface area contributed by atoms with Crippen molar-refractivity contribution in [2.24, 2.45) is 0 Å². The fraction of sp³-hybridized carbons (Fsp3) is 0.0833. The summed E-state index contributed by atoms with van der Waals surface area (Å²) in [5.74, 6) is 0.878. The Balaban J connectivity index is 1.50. The van der Waals surface area contributed by atoms with Gasteiger partial charge in [-0.15, -0.1) is 0 Å². The summed E-state index contributed by atoms with van der Waals surface area (Å²) in [6.07, 6.45) is 2.60. The van der Waals surface area contributed by atoms with Gasteiger partial charge in [0, 0.05) is 34.5 Å². The molecule has 1 amide bonds. The van der Waals surface area contributed by atoms with Crippen LogP contribution < -0.4 is 10.1 Å². The van der Waals surface area contributed by atoms with Gasteiger partial charge in [-0.2, -0.15) is 9.78 Å². The third kappa shape index (κ3) is 3.55. The second-order valence-electron chi connectivity index (χ2n) is 7.06. The van der Waals surface area contributed by atoms with Crippen LogP contribution in [0, 0.1) is 0 Å². The number of nitrogens with zero attached hydrogens (tertiary/aromatic N) is 2. The maximum atomic E-state index is 12.9. The van der Waals surface area contributed by atoms with Crippen molar-refractivity contribution < 1.29 is 9.53 Å². The first-order chi connectivity index (χ1) is 14.7. The Kier molecular flexibility index (Phi) is 4.73. The topological polar surface area (TPSA) is 56.1 Å². The number of amides is 1. The fourth-order valence-corrected chi connectivity index (χ4v) is 3.70. The van der Waals surface area contributed by atoms with Gasteiger partial charge in [0.2, 0.25) is 0 Å². The lowest BCUT2D eigenvalue weighted by molar-refractivity contribution is 0.251. The number of hydrogen-bond donors (Lipinski definition) is 1. The van der Waals surface area contributed by atoms with Crippen molar-refractivity contribution in [2.75, 3.05) is 11.9 Å². The summed E-state index contributed by atoms with van der Waals surface area (Å²) >= 11 is 6.04. The van der Waals surface area contributed by atoms with E-state index in [-0.39, 0.29) is 6.03 Å². The molecule has 1 aromatic heterocycles. The molecule has 6 heteroatoms. The largest absolute Gasteiger partial charge is 0.493 e. The van der Waals surface area contributed by atoms with Gasteiger partial charge in [0.1, 0.15) is 11.4 Å². The van der Waals surface area contributed by atoms with Crippen LogP contribution in [0.2, 0.25) is 5.02 Å². The van der Waals surface area contributed by atoms with Gasteiger partial charge in [-0.05, 0) is 41.5 Å². The van der Waals surface area contributed by atoms with Crippen molar-refractivity contribution in [1.82, 2.24) is 9.78 Å². The number of carbonyl (C=O) groups excluding carboxylic acids is 1. The molecular formula is C24H18ClN3O2. The van der Waals surface area contributed by atoms with Crippen LogP contribution in [0.1, 0.15) is 5.56 Å². The number of anilines is 1. The summed E-state index contributed by atoms with van der Waals surface area (Å²) in [6.45, 7) is 0.677. The lowest BCUT2D eigenvalue weighted by atomic mass is 10.0. The number of hydrogen-bond acceptors (Lipinski definition) is 3. The van der Waals surface area contributed by atoms with Crippen LogP contribution in [-0.4, -0.2) is 22.4 Å². The Bertz CT molecular complexity index is 1220. The van der Waals surface area contributed by atoms with Gasteiger partial charge in [-0.3, -0.25) is 0 Å². The van der Waals surface area contributed by atoms with E-state index in [2.05, 4.69) is 10.4 Å². The van der Waals surface area contributed by atoms with Crippen LogP contribution in [0.25, 0.3) is 22.4 Å². The number of carbonyl (C=O) groups is 1. The summed E-state index contributed by atoms with van der Waals surface area (Å²) in [6, 6.07) is 22.7. The lowest BCUT2D eigenvalue weighted by Gasteiger charge is -2.06. The molecule has 0 atom stereocenters. The Morgan fingerprint density at radius 1 is 1.00 bits per heavy atom. The van der Waals surface area contributed by atoms with E-state index in [0.29, 0.717) is 17.3 Å². The highest BCUT2D eigenvalue weighted by Crippen LogP contribution is 2.32. The molecule has 0 radical (unpaired) electrons. The van der Waals surface area contributed by atoms with Gasteiger partial charge in [0.15, 0.2) is 0 Å². The van der Waals surface area contributed by atoms with Gasteiger partial charge in [0.05, 0.1) is 6.61 Å². The SMILES string of the molecule is O=C(Nc1ccc2c(c1)CCO2)n1cc(-c2ccccc2)c(-c2ccc(Cl)cc2)n1. The van der Waals surface area contributed by atoms with Crippen molar-refractivity contribution in [1.29, 1.82) is 0 Å². The Hall–Kier alpha value is -3.57. The van der Waals surface area contributed by atoms with Gasteiger partial charge in [0.25, 0.3) is 0 Å². The normalized spacial score (nSPS) is 12.3. The highest BCUT2D eigenvalue weighted by Gasteiger charge is 2.18. The molecular weight excluding hydrogens is 398 g/mol. The molecule has 3 aromatic carbocycles. The molecule has 5 nitrogen and oxygen atoms in total. The fourth-order valence-electron chi connectivity index (χ4n) is 3.57. The summed E-state index contributed by atoms with van der Waals surface area (Å²) in [5.41, 5.74) is 5.27. The summed E-state index contributed by atoms with van der Waals surface area (Å²) < 4.78 is 6.87. The van der Waals surface area contributed by atoms with Gasteiger partial charge < -0.3 is 10.1 Å². The molecule has 4 aromatic rings. The molecule has 1 N–H and O–H groups in total. The highest BCUT2D eigenvalue weighted by atomic mass is 35.5. The summed E-state index contributed by atoms with van der Waals surface area (Å²) in [7, 11) is 0. The second-order valence-corrected chi connectivity index (χ2v) is 7.50. The molecule has 0 saturated carbocycles. The number of nitrogens with one attached hydrogen (secondary N) is 1. The first-order valence-electron chi connectivity index (χ1n) is 9.65. The van der Waals surface area contributed by atoms with Crippen LogP contribution in [0.3, 0.4) is 0 Å². The number of ether oxygens (including phenoxy) is 1. The summed E-state index contributed by atoms with van der Waals surface area (Å²) in [5, 5.41) is 8.17. The van der Waals surface area contributed by atoms with Gasteiger partial charge in [-0.1, -0.05) is 54.1 Å². The molecule has 1 aliphatic rings. The monoisotopic (exact) mass is 415 g/mol. The van der Waals surface area contributed by atoms with E-state index >= 15 is 0 Å². The van der Waals surface area contributed by atoms with Crippen molar-refractivity contribution in [2.45, 2.75) is 6.42 Å². The number of benzene rings is 3. The molecule has 1 aliphatic heterocycles. The van der Waals surface area contributed by atoms with E-state index in [1.807, 2.05) is 72.8 Å². The molecule has 0 aliphatic carbocycles. The minimum atomic E-state index is -0.328. The van der Waals surface area contributed by atoms with Crippen LogP contribution in [0.15, 0.2) is 79.0 Å². The van der Waals surface area contributed by atoms with Crippen molar-refractivity contribution in [3.63, 3.8) is 0 Å². The van der Waals surface area contributed by atoms with Gasteiger partial charge in [-0.25, -0.2) is 4.79 Å². The number of fused-ring (bicyclic) bond motifs is 1. The summed E-state index contributed by atoms with van der Waals surface area (Å²) in [4.78, 5) is 12.9. The Morgan fingerprint density at radius 3 is 2.60 bits per heavy atom. The molecule has 0 unspecified atom stereocenters. The molecule has 148 valence electrons. The smallest absolute Gasteiger partial charge is 0.346 e. The second kappa shape index (κ2) is 7.69. The quantitative estimate of drug-likeness (QED) is 0.454. The number of halogens is 1. The van der Waals surface area contributed by atoms with E-state index < -0.39 is 0 Å². The molecule has 0 spiro atoms. The molecule has 0 saturated heterocycles. The van der Waals surface area contributed by atoms with Crippen LogP contribution in [-0.2, 0) is 6.42 Å². The average Bonchev–Trinajstić information content (AvgIpc) is 3.42. The molecule has 0 bridgehead atoms. The highest BCUT2D eigenvalue weighted by molar-refractivity contribution is 6.30. The zero-order chi connectivity index (χ0) is 20.5. The van der Waals surface area contributed by atoms with E-state index in [1.165, 1.54) is 4.68 Å². The third-order valence-corrected chi connectivity index (χ3v) is 5.32. The predicted molar refractivity (Wildman–Crippen MR) is 118 cm³/mol. The standard InChI is InChI=1S/C24H18ClN3O2/c25-19-8-6-17(7-9-19)23-21(16-4-2-1-3-5-16)15-28(27-23)24(29)26-20-10-11-22-18(14-20)12-13-30-22/h1-11,14-15H,12-13H2,(H,26,29). The first-order valence-corrected chi connectivity index (χ1v) is 10.0. The minimum Gasteiger partial charge on any atom is -0.493 e. The third-order valence-electron chi connectivity index (χ3n) is 5.07. The Labute approximate surface area is 178 Å². The van der Waals surface area contributed by atoms with Crippen molar-refractivity contribution >= 4 is 23.3 Å². The van der Waals surface area contributed by atoms with Crippen molar-refractivity contribution in [3.05, 3.63) is 89.6 Å². The number of rotatable bonds is 3. The minimum absolute atomic E-state index is 0.328. The average molecular weight is 416 g/mol. The Morgan fingerprint density at radius 2 is 1.80 bits per heavy atom. The molecule has 2 heterocycles. The van der Waals surface area contributed by atoms with Crippen molar-refractivity contribution in [3.8, 4) is 28.1 Å². The lowest BCUT2D eigenvalue weighted by Crippen LogP contribution is -2.20. The predicted octanol–water partition coefficient (Wildman–Crippen LogP) is 5.89. The zero-order valence-corrected chi connectivity index (χ0v) is 16.8. The zero-order valence-electron chi connectivity index (χ0n) is 16.0. The molecule has 5 rings (SSSR count). The van der Waals surface area contributed by atoms with Crippen LogP contribution >= 0.6 is 11.6 Å². The number of aromatic nitrogens is 2. The van der Waals surface area contributed by atoms with E-state index in [9.17, 15) is 4.79 Å².